The minimum absolute atomic E-state index is 0.0270. The molecule has 2 aliphatic heterocycles. The van der Waals surface area contributed by atoms with Crippen LogP contribution in [0, 0.1) is 10.1 Å². The van der Waals surface area contributed by atoms with Gasteiger partial charge in [0.05, 0.1) is 11.5 Å². The van der Waals surface area contributed by atoms with E-state index in [4.69, 9.17) is 0 Å². The summed E-state index contributed by atoms with van der Waals surface area (Å²) in [5.74, 6) is -0.0561. The number of carbonyl (C=O) groups excluding carboxylic acids is 1. The standard InChI is InChI=1S/C18H26N4O3/c23-18(19-15-6-8-16(9-7-15)22(24)25)14-21-12-4-5-17(21)13-20-10-2-1-3-11-20/h6-9,17H,1-5,10-14H2,(H,19,23). The van der Waals surface area contributed by atoms with Crippen LogP contribution in [0.4, 0.5) is 11.4 Å². The summed E-state index contributed by atoms with van der Waals surface area (Å²) >= 11 is 0. The first-order valence-electron chi connectivity index (χ1n) is 9.12. The molecule has 0 radical (unpaired) electrons. The van der Waals surface area contributed by atoms with E-state index < -0.39 is 4.92 Å². The second kappa shape index (κ2) is 8.40. The van der Waals surface area contributed by atoms with Gasteiger partial charge in [-0.25, -0.2) is 0 Å². The van der Waals surface area contributed by atoms with Crippen LogP contribution < -0.4 is 5.32 Å². The smallest absolute Gasteiger partial charge is 0.269 e. The lowest BCUT2D eigenvalue weighted by atomic mass is 10.1. The van der Waals surface area contributed by atoms with Crippen molar-refractivity contribution in [3.05, 3.63) is 34.4 Å². The fraction of sp³-hybridized carbons (Fsp3) is 0.611. The SMILES string of the molecule is O=C(CN1CCCC1CN1CCCCC1)Nc1ccc([N+](=O)[O-])cc1. The number of nitro benzene ring substituents is 1. The minimum atomic E-state index is -0.443. The molecule has 25 heavy (non-hydrogen) atoms. The molecule has 2 aliphatic rings. The Balaban J connectivity index is 1.49. The van der Waals surface area contributed by atoms with Crippen molar-refractivity contribution in [3.8, 4) is 0 Å². The van der Waals surface area contributed by atoms with Crippen molar-refractivity contribution in [1.82, 2.24) is 9.80 Å². The third-order valence-electron chi connectivity index (χ3n) is 5.13. The van der Waals surface area contributed by atoms with E-state index in [2.05, 4.69) is 15.1 Å². The van der Waals surface area contributed by atoms with E-state index in [9.17, 15) is 14.9 Å². The average Bonchev–Trinajstić information content (AvgIpc) is 3.03. The Morgan fingerprint density at radius 2 is 1.84 bits per heavy atom. The number of rotatable bonds is 6. The van der Waals surface area contributed by atoms with E-state index in [-0.39, 0.29) is 11.6 Å². The Kier molecular flexibility index (Phi) is 5.99. The molecule has 1 amide bonds. The first kappa shape index (κ1) is 17.8. The molecular formula is C18H26N4O3. The maximum Gasteiger partial charge on any atom is 0.269 e. The zero-order valence-corrected chi connectivity index (χ0v) is 14.5. The third kappa shape index (κ3) is 4.99. The molecule has 136 valence electrons. The molecule has 1 aromatic carbocycles. The summed E-state index contributed by atoms with van der Waals surface area (Å²) < 4.78 is 0. The van der Waals surface area contributed by atoms with Gasteiger partial charge in [0.1, 0.15) is 0 Å². The van der Waals surface area contributed by atoms with E-state index >= 15 is 0 Å². The van der Waals surface area contributed by atoms with Crippen molar-refractivity contribution in [3.63, 3.8) is 0 Å². The highest BCUT2D eigenvalue weighted by molar-refractivity contribution is 5.92. The van der Waals surface area contributed by atoms with Gasteiger partial charge < -0.3 is 10.2 Å². The van der Waals surface area contributed by atoms with Crippen molar-refractivity contribution in [2.45, 2.75) is 38.1 Å². The molecule has 1 atom stereocenters. The van der Waals surface area contributed by atoms with Crippen LogP contribution in [-0.2, 0) is 4.79 Å². The average molecular weight is 346 g/mol. The number of carbonyl (C=O) groups is 1. The van der Waals surface area contributed by atoms with Crippen LogP contribution in [0.2, 0.25) is 0 Å². The Morgan fingerprint density at radius 3 is 2.52 bits per heavy atom. The summed E-state index contributed by atoms with van der Waals surface area (Å²) in [7, 11) is 0. The molecule has 1 aromatic rings. The lowest BCUT2D eigenvalue weighted by Gasteiger charge is -2.32. The summed E-state index contributed by atoms with van der Waals surface area (Å²) in [6.45, 7) is 4.77. The number of likely N-dealkylation sites (tertiary alicyclic amines) is 2. The molecule has 2 saturated heterocycles. The van der Waals surface area contributed by atoms with Gasteiger partial charge in [0.15, 0.2) is 0 Å². The molecule has 7 nitrogen and oxygen atoms in total. The normalized spacial score (nSPS) is 22.0. The number of hydrogen-bond acceptors (Lipinski definition) is 5. The first-order chi connectivity index (χ1) is 12.1. The number of nitrogens with zero attached hydrogens (tertiary/aromatic N) is 3. The molecular weight excluding hydrogens is 320 g/mol. The second-order valence-corrected chi connectivity index (χ2v) is 6.98. The van der Waals surface area contributed by atoms with Crippen molar-refractivity contribution >= 4 is 17.3 Å². The highest BCUT2D eigenvalue weighted by atomic mass is 16.6. The summed E-state index contributed by atoms with van der Waals surface area (Å²) in [6, 6.07) is 6.42. The molecule has 0 aliphatic carbocycles. The molecule has 0 bridgehead atoms. The van der Waals surface area contributed by atoms with Crippen LogP contribution in [0.1, 0.15) is 32.1 Å². The predicted molar refractivity (Wildman–Crippen MR) is 96.6 cm³/mol. The minimum Gasteiger partial charge on any atom is -0.325 e. The fourth-order valence-electron chi connectivity index (χ4n) is 3.80. The van der Waals surface area contributed by atoms with Crippen molar-refractivity contribution < 1.29 is 9.72 Å². The van der Waals surface area contributed by atoms with Crippen LogP contribution in [0.3, 0.4) is 0 Å². The van der Waals surface area contributed by atoms with Gasteiger partial charge in [-0.1, -0.05) is 6.42 Å². The number of hydrogen-bond donors (Lipinski definition) is 1. The van der Waals surface area contributed by atoms with Crippen molar-refractivity contribution in [1.29, 1.82) is 0 Å². The van der Waals surface area contributed by atoms with E-state index in [1.54, 1.807) is 12.1 Å². The lowest BCUT2D eigenvalue weighted by Crippen LogP contribution is -2.44. The largest absolute Gasteiger partial charge is 0.325 e. The monoisotopic (exact) mass is 346 g/mol. The molecule has 0 aromatic heterocycles. The second-order valence-electron chi connectivity index (χ2n) is 6.98. The molecule has 2 heterocycles. The summed E-state index contributed by atoms with van der Waals surface area (Å²) in [5.41, 5.74) is 0.626. The zero-order chi connectivity index (χ0) is 17.6. The van der Waals surface area contributed by atoms with Gasteiger partial charge in [-0.15, -0.1) is 0 Å². The topological polar surface area (TPSA) is 78.7 Å². The fourth-order valence-corrected chi connectivity index (χ4v) is 3.80. The van der Waals surface area contributed by atoms with Gasteiger partial charge in [-0.05, 0) is 57.5 Å². The number of piperidine rings is 1. The quantitative estimate of drug-likeness (QED) is 0.632. The predicted octanol–water partition coefficient (Wildman–Crippen LogP) is 2.48. The Morgan fingerprint density at radius 1 is 1.12 bits per heavy atom. The van der Waals surface area contributed by atoms with Gasteiger partial charge in [0, 0.05) is 30.4 Å². The first-order valence-corrected chi connectivity index (χ1v) is 9.12. The Bertz CT molecular complexity index is 599. The van der Waals surface area contributed by atoms with Gasteiger partial charge in [0.2, 0.25) is 5.91 Å². The highest BCUT2D eigenvalue weighted by Gasteiger charge is 2.28. The van der Waals surface area contributed by atoms with Gasteiger partial charge in [0.25, 0.3) is 5.69 Å². The van der Waals surface area contributed by atoms with Gasteiger partial charge in [-0.2, -0.15) is 0 Å². The highest BCUT2D eigenvalue weighted by Crippen LogP contribution is 2.20. The molecule has 7 heteroatoms. The van der Waals surface area contributed by atoms with Crippen LogP contribution in [0.15, 0.2) is 24.3 Å². The number of benzene rings is 1. The number of anilines is 1. The molecule has 1 N–H and O–H groups in total. The summed E-state index contributed by atoms with van der Waals surface area (Å²) in [5, 5.41) is 13.5. The molecule has 1 unspecified atom stereocenters. The van der Waals surface area contributed by atoms with Crippen LogP contribution in [-0.4, -0.2) is 59.4 Å². The van der Waals surface area contributed by atoms with Crippen LogP contribution in [0.5, 0.6) is 0 Å². The Hall–Kier alpha value is -1.99. The van der Waals surface area contributed by atoms with Crippen LogP contribution >= 0.6 is 0 Å². The van der Waals surface area contributed by atoms with Gasteiger partial charge >= 0.3 is 0 Å². The number of nitro groups is 1. The number of nitrogens with one attached hydrogen (secondary N) is 1. The molecule has 2 fully saturated rings. The van der Waals surface area contributed by atoms with E-state index in [0.717, 1.165) is 25.9 Å². The maximum atomic E-state index is 12.3. The summed E-state index contributed by atoms with van der Waals surface area (Å²) in [6.07, 6.45) is 6.20. The molecule has 0 saturated carbocycles. The number of amides is 1. The summed E-state index contributed by atoms with van der Waals surface area (Å²) in [4.78, 5) is 27.4. The molecule has 0 spiro atoms. The maximum absolute atomic E-state index is 12.3. The third-order valence-corrected chi connectivity index (χ3v) is 5.13. The van der Waals surface area contributed by atoms with E-state index in [1.807, 2.05) is 0 Å². The van der Waals surface area contributed by atoms with E-state index in [1.165, 1.54) is 44.5 Å². The van der Waals surface area contributed by atoms with Crippen molar-refractivity contribution in [2.75, 3.05) is 38.0 Å². The van der Waals surface area contributed by atoms with Crippen molar-refractivity contribution in [2.24, 2.45) is 0 Å². The lowest BCUT2D eigenvalue weighted by molar-refractivity contribution is -0.384. The van der Waals surface area contributed by atoms with Crippen LogP contribution in [0.25, 0.3) is 0 Å². The van der Waals surface area contributed by atoms with Gasteiger partial charge in [-0.3, -0.25) is 19.8 Å². The molecule has 3 rings (SSSR count). The zero-order valence-electron chi connectivity index (χ0n) is 14.5. The Labute approximate surface area is 148 Å². The van der Waals surface area contributed by atoms with E-state index in [0.29, 0.717) is 18.3 Å². The number of non-ortho nitro benzene ring substituents is 1.